The monoisotopic (exact) mass is 674 g/mol. The number of hydrogen-bond acceptors (Lipinski definition) is 16. The molecule has 0 bridgehead atoms. The Kier molecular flexibility index (Phi) is 10.5. The first-order chi connectivity index (χ1) is 21.8. The van der Waals surface area contributed by atoms with E-state index in [1.54, 1.807) is 36.2 Å². The number of phenolic OH excluding ortho intramolecular Hbond substituents is 2. The summed E-state index contributed by atoms with van der Waals surface area (Å²) in [6.07, 6.45) is 0. The molecule has 0 saturated heterocycles. The molecule has 1 aromatic heterocycles. The number of rotatable bonds is 12. The normalized spacial score (nSPS) is 11.4. The van der Waals surface area contributed by atoms with Crippen LogP contribution in [0.25, 0.3) is 10.8 Å². The van der Waals surface area contributed by atoms with Gasteiger partial charge >= 0.3 is 0 Å². The van der Waals surface area contributed by atoms with Gasteiger partial charge in [0.05, 0.1) is 29.0 Å². The third-order valence-corrected chi connectivity index (χ3v) is 7.61. The Labute approximate surface area is 266 Å². The van der Waals surface area contributed by atoms with Gasteiger partial charge in [-0.3, -0.25) is 0 Å². The van der Waals surface area contributed by atoms with E-state index in [1.165, 1.54) is 18.2 Å². The van der Waals surface area contributed by atoms with Crippen LogP contribution in [0.15, 0.2) is 92.8 Å². The van der Waals surface area contributed by atoms with E-state index in [2.05, 4.69) is 44.3 Å². The fraction of sp³-hybridized carbons (Fsp3) is 0.0370. The second-order valence-electron chi connectivity index (χ2n) is 8.81. The lowest BCUT2D eigenvalue weighted by molar-refractivity contribution is -0.432. The van der Waals surface area contributed by atoms with Crippen LogP contribution < -0.4 is 10.2 Å². The van der Waals surface area contributed by atoms with Gasteiger partial charge in [0.2, 0.25) is 11.9 Å². The first kappa shape index (κ1) is 32.1. The molecular formula is C27H20ClFN6O8S2. The van der Waals surface area contributed by atoms with Crippen LogP contribution in [0.4, 0.5) is 38.9 Å². The number of azo groups is 1. The first-order valence-corrected chi connectivity index (χ1v) is 14.3. The largest absolute Gasteiger partial charge is 0.506 e. The summed E-state index contributed by atoms with van der Waals surface area (Å²) >= 11 is 7.35. The fourth-order valence-electron chi connectivity index (χ4n) is 3.98. The highest BCUT2D eigenvalue weighted by atomic mass is 35.5. The minimum atomic E-state index is -0.926. The molecule has 0 aliphatic rings. The predicted molar refractivity (Wildman–Crippen MR) is 164 cm³/mol. The molecule has 0 aliphatic carbocycles. The summed E-state index contributed by atoms with van der Waals surface area (Å²) in [5, 5.41) is 57.2. The van der Waals surface area contributed by atoms with Crippen LogP contribution in [0, 0.1) is 5.95 Å². The van der Waals surface area contributed by atoms with Gasteiger partial charge in [-0.1, -0.05) is 39.9 Å². The lowest BCUT2D eigenvalue weighted by atomic mass is 10.1. The van der Waals surface area contributed by atoms with E-state index >= 15 is 0 Å². The van der Waals surface area contributed by atoms with Crippen molar-refractivity contribution in [2.75, 3.05) is 17.3 Å². The summed E-state index contributed by atoms with van der Waals surface area (Å²) in [6.45, 7) is 0. The van der Waals surface area contributed by atoms with Crippen LogP contribution in [0.3, 0.4) is 0 Å². The molecule has 0 fully saturated rings. The molecule has 0 radical (unpaired) electrons. The van der Waals surface area contributed by atoms with Crippen molar-refractivity contribution in [1.29, 1.82) is 0 Å². The summed E-state index contributed by atoms with van der Waals surface area (Å²) in [6, 6.07) is 19.6. The van der Waals surface area contributed by atoms with Crippen molar-refractivity contribution in [3.63, 3.8) is 0 Å². The number of phenols is 2. The predicted octanol–water partition coefficient (Wildman–Crippen LogP) is 8.62. The van der Waals surface area contributed by atoms with E-state index in [0.717, 1.165) is 5.69 Å². The number of benzene rings is 4. The molecule has 18 heteroatoms. The molecule has 5 rings (SSSR count). The maximum absolute atomic E-state index is 14.7. The van der Waals surface area contributed by atoms with Crippen LogP contribution in [0.5, 0.6) is 11.5 Å². The third kappa shape index (κ3) is 7.51. The maximum Gasteiger partial charge on any atom is 0.238 e. The molecule has 0 aliphatic heterocycles. The summed E-state index contributed by atoms with van der Waals surface area (Å²) < 4.78 is 23.7. The standard InChI is InChI=1S/C27H20ClFN6O8S2/c1-35(16-5-3-2-4-6-16)27-31-25(29)22(28)26(32-27)30-15-7-9-18-14(11-15)12-21(45-43-41-39)23(24(18)37)34-33-19-13-17(44-42-40-38)8-10-20(19)36/h2-13,36-39H,1H3,(H,30,31,32). The Balaban J connectivity index is 1.49. The zero-order valence-electron chi connectivity index (χ0n) is 22.7. The Morgan fingerprint density at radius 3 is 2.42 bits per heavy atom. The van der Waals surface area contributed by atoms with Crippen LogP contribution >= 0.6 is 35.7 Å². The fourth-order valence-corrected chi connectivity index (χ4v) is 5.00. The van der Waals surface area contributed by atoms with Crippen LogP contribution in [-0.2, 0) is 18.7 Å². The molecule has 14 nitrogen and oxygen atoms in total. The molecule has 5 N–H and O–H groups in total. The number of nitrogens with one attached hydrogen (secondary N) is 1. The Morgan fingerprint density at radius 1 is 0.911 bits per heavy atom. The summed E-state index contributed by atoms with van der Waals surface area (Å²) in [7, 11) is 1.69. The molecule has 1 heterocycles. The minimum absolute atomic E-state index is 0.00120. The Morgan fingerprint density at radius 2 is 1.67 bits per heavy atom. The average molecular weight is 675 g/mol. The maximum atomic E-state index is 14.7. The average Bonchev–Trinajstić information content (AvgIpc) is 3.05. The van der Waals surface area contributed by atoms with Crippen molar-refractivity contribution in [2.45, 2.75) is 9.79 Å². The number of halogens is 2. The molecule has 45 heavy (non-hydrogen) atoms. The van der Waals surface area contributed by atoms with E-state index in [0.29, 0.717) is 45.4 Å². The van der Waals surface area contributed by atoms with Gasteiger partial charge in [0.15, 0.2) is 11.6 Å². The highest BCUT2D eigenvalue weighted by molar-refractivity contribution is 7.94. The van der Waals surface area contributed by atoms with E-state index in [1.807, 2.05) is 30.3 Å². The number of para-hydroxylation sites is 1. The molecule has 232 valence electrons. The number of aromatic nitrogens is 2. The molecule has 0 atom stereocenters. The number of aromatic hydroxyl groups is 2. The lowest BCUT2D eigenvalue weighted by Gasteiger charge is -2.19. The van der Waals surface area contributed by atoms with Gasteiger partial charge in [0.1, 0.15) is 22.1 Å². The molecule has 0 amide bonds. The molecule has 4 aromatic carbocycles. The summed E-state index contributed by atoms with van der Waals surface area (Å²) in [4.78, 5) is 10.4. The zero-order valence-corrected chi connectivity index (χ0v) is 25.0. The van der Waals surface area contributed by atoms with Gasteiger partial charge in [-0.05, 0) is 60.0 Å². The molecule has 5 aromatic rings. The highest BCUT2D eigenvalue weighted by Crippen LogP contribution is 2.45. The van der Waals surface area contributed by atoms with Crippen molar-refractivity contribution in [3.8, 4) is 11.5 Å². The second kappa shape index (κ2) is 14.7. The third-order valence-electron chi connectivity index (χ3n) is 6.08. The number of hydrogen-bond donors (Lipinski definition) is 5. The SMILES string of the molecule is CN(c1ccccc1)c1nc(F)c(Cl)c(Nc2ccc3c(O)c(N=Nc4cc(SOOO)ccc4O)c(SOOO)cc3c2)n1. The summed E-state index contributed by atoms with van der Waals surface area (Å²) in [5.74, 6) is -1.44. The number of anilines is 4. The second-order valence-corrected chi connectivity index (χ2v) is 10.7. The first-order valence-electron chi connectivity index (χ1n) is 12.4. The highest BCUT2D eigenvalue weighted by Gasteiger charge is 2.19. The van der Waals surface area contributed by atoms with Crippen molar-refractivity contribution >= 4 is 81.0 Å². The molecule has 0 unspecified atom stereocenters. The summed E-state index contributed by atoms with van der Waals surface area (Å²) in [5.41, 5.74) is 1.05. The minimum Gasteiger partial charge on any atom is -0.506 e. The van der Waals surface area contributed by atoms with E-state index in [4.69, 9.17) is 22.1 Å². The van der Waals surface area contributed by atoms with Crippen LogP contribution in [0.1, 0.15) is 0 Å². The van der Waals surface area contributed by atoms with Crippen molar-refractivity contribution in [2.24, 2.45) is 10.2 Å². The Bertz CT molecular complexity index is 1860. The Hall–Kier alpha value is -4.30. The number of nitrogens with zero attached hydrogens (tertiary/aromatic N) is 5. The molecule has 0 saturated carbocycles. The smallest absolute Gasteiger partial charge is 0.238 e. The quantitative estimate of drug-likeness (QED) is 0.0278. The number of fused-ring (bicyclic) bond motifs is 1. The van der Waals surface area contributed by atoms with Crippen molar-refractivity contribution in [3.05, 3.63) is 83.8 Å². The van der Waals surface area contributed by atoms with Gasteiger partial charge in [0, 0.05) is 28.7 Å². The van der Waals surface area contributed by atoms with Gasteiger partial charge in [-0.15, -0.1) is 18.9 Å². The van der Waals surface area contributed by atoms with Gasteiger partial charge in [-0.25, -0.2) is 10.5 Å². The lowest BCUT2D eigenvalue weighted by Crippen LogP contribution is -2.15. The molecule has 0 spiro atoms. The van der Waals surface area contributed by atoms with Crippen molar-refractivity contribution < 1.29 is 43.9 Å². The van der Waals surface area contributed by atoms with E-state index < -0.39 is 5.95 Å². The van der Waals surface area contributed by atoms with Crippen LogP contribution in [0.2, 0.25) is 5.02 Å². The van der Waals surface area contributed by atoms with Gasteiger partial charge in [0.25, 0.3) is 0 Å². The van der Waals surface area contributed by atoms with Crippen LogP contribution in [-0.4, -0.2) is 37.7 Å². The van der Waals surface area contributed by atoms with E-state index in [-0.39, 0.29) is 44.6 Å². The van der Waals surface area contributed by atoms with E-state index in [9.17, 15) is 14.6 Å². The van der Waals surface area contributed by atoms with Gasteiger partial charge in [-0.2, -0.15) is 14.4 Å². The zero-order chi connectivity index (χ0) is 31.9. The van der Waals surface area contributed by atoms with Gasteiger partial charge < -0.3 is 20.4 Å². The topological polar surface area (TPSA) is 184 Å². The molecular weight excluding hydrogens is 655 g/mol. The van der Waals surface area contributed by atoms with Crippen molar-refractivity contribution in [1.82, 2.24) is 9.97 Å².